The highest BCUT2D eigenvalue weighted by Gasteiger charge is 2.22. The lowest BCUT2D eigenvalue weighted by Crippen LogP contribution is -2.34. The average Bonchev–Trinajstić information content (AvgIpc) is 3.01. The maximum atomic E-state index is 11.4. The van der Waals surface area contributed by atoms with Crippen molar-refractivity contribution in [1.82, 2.24) is 10.6 Å². The third kappa shape index (κ3) is 5.50. The van der Waals surface area contributed by atoms with Gasteiger partial charge in [0.05, 0.1) is 0 Å². The van der Waals surface area contributed by atoms with Crippen molar-refractivity contribution in [2.45, 2.75) is 65.0 Å². The minimum absolute atomic E-state index is 0.224. The molecule has 0 radical (unpaired) electrons. The highest BCUT2D eigenvalue weighted by atomic mass is 16.1. The molecule has 1 aliphatic rings. The summed E-state index contributed by atoms with van der Waals surface area (Å²) in [5.74, 6) is 0.896. The molecule has 0 aromatic heterocycles. The largest absolute Gasteiger partial charge is 0.353 e. The van der Waals surface area contributed by atoms with E-state index in [0.717, 1.165) is 19.4 Å². The van der Waals surface area contributed by atoms with Crippen LogP contribution in [0.5, 0.6) is 0 Å². The Kier molecular flexibility index (Phi) is 5.81. The Balaban J connectivity index is 1.99. The highest BCUT2D eigenvalue weighted by Crippen LogP contribution is 2.18. The van der Waals surface area contributed by atoms with Crippen LogP contribution in [0.1, 0.15) is 52.9 Å². The SMILES string of the molecule is CCC(NCCCC(=O)NC1CC1)C(C)C. The summed E-state index contributed by atoms with van der Waals surface area (Å²) in [7, 11) is 0. The fourth-order valence-electron chi connectivity index (χ4n) is 1.92. The van der Waals surface area contributed by atoms with Gasteiger partial charge in [0, 0.05) is 18.5 Å². The van der Waals surface area contributed by atoms with Gasteiger partial charge in [-0.05, 0) is 38.1 Å². The Morgan fingerprint density at radius 1 is 1.38 bits per heavy atom. The molecule has 0 heterocycles. The molecule has 0 bridgehead atoms. The van der Waals surface area contributed by atoms with Crippen LogP contribution < -0.4 is 10.6 Å². The smallest absolute Gasteiger partial charge is 0.220 e. The van der Waals surface area contributed by atoms with E-state index >= 15 is 0 Å². The summed E-state index contributed by atoms with van der Waals surface area (Å²) in [5.41, 5.74) is 0. The zero-order chi connectivity index (χ0) is 12.0. The molecule has 0 aromatic carbocycles. The quantitative estimate of drug-likeness (QED) is 0.622. The van der Waals surface area contributed by atoms with E-state index < -0.39 is 0 Å². The van der Waals surface area contributed by atoms with Gasteiger partial charge in [-0.3, -0.25) is 4.79 Å². The van der Waals surface area contributed by atoms with Crippen molar-refractivity contribution in [2.75, 3.05) is 6.54 Å². The minimum Gasteiger partial charge on any atom is -0.353 e. The van der Waals surface area contributed by atoms with Crippen LogP contribution in [0, 0.1) is 5.92 Å². The van der Waals surface area contributed by atoms with Crippen molar-refractivity contribution in [1.29, 1.82) is 0 Å². The third-order valence-corrected chi connectivity index (χ3v) is 3.17. The molecule has 1 fully saturated rings. The topological polar surface area (TPSA) is 41.1 Å². The van der Waals surface area contributed by atoms with E-state index in [1.165, 1.54) is 12.8 Å². The molecular weight excluding hydrogens is 200 g/mol. The maximum absolute atomic E-state index is 11.4. The molecule has 1 aliphatic carbocycles. The number of carbonyl (C=O) groups is 1. The standard InChI is InChI=1S/C13H26N2O/c1-4-12(10(2)3)14-9-5-6-13(16)15-11-7-8-11/h10-12,14H,4-9H2,1-3H3,(H,15,16). The predicted octanol–water partition coefficient (Wildman–Crippen LogP) is 2.07. The van der Waals surface area contributed by atoms with E-state index in [2.05, 4.69) is 31.4 Å². The summed E-state index contributed by atoms with van der Waals surface area (Å²) < 4.78 is 0. The van der Waals surface area contributed by atoms with Gasteiger partial charge in [-0.25, -0.2) is 0 Å². The van der Waals surface area contributed by atoms with E-state index in [-0.39, 0.29) is 5.91 Å². The van der Waals surface area contributed by atoms with Crippen LogP contribution in [0.15, 0.2) is 0 Å². The van der Waals surface area contributed by atoms with Crippen LogP contribution in [0.4, 0.5) is 0 Å². The third-order valence-electron chi connectivity index (χ3n) is 3.17. The molecule has 1 rings (SSSR count). The van der Waals surface area contributed by atoms with Crippen LogP contribution in [-0.4, -0.2) is 24.5 Å². The van der Waals surface area contributed by atoms with Crippen LogP contribution in [0.25, 0.3) is 0 Å². The molecule has 1 saturated carbocycles. The summed E-state index contributed by atoms with van der Waals surface area (Å²) in [6.07, 6.45) is 5.12. The van der Waals surface area contributed by atoms with Crippen LogP contribution in [-0.2, 0) is 4.79 Å². The Morgan fingerprint density at radius 2 is 2.06 bits per heavy atom. The predicted molar refractivity (Wildman–Crippen MR) is 67.3 cm³/mol. The van der Waals surface area contributed by atoms with Crippen molar-refractivity contribution >= 4 is 5.91 Å². The summed E-state index contributed by atoms with van der Waals surface area (Å²) in [6, 6.07) is 1.09. The molecule has 0 saturated heterocycles. The minimum atomic E-state index is 0.224. The van der Waals surface area contributed by atoms with E-state index in [9.17, 15) is 4.79 Å². The van der Waals surface area contributed by atoms with Crippen LogP contribution in [0.2, 0.25) is 0 Å². The van der Waals surface area contributed by atoms with Gasteiger partial charge in [-0.15, -0.1) is 0 Å². The van der Waals surface area contributed by atoms with Gasteiger partial charge in [0.2, 0.25) is 5.91 Å². The average molecular weight is 226 g/mol. The van der Waals surface area contributed by atoms with Gasteiger partial charge in [-0.1, -0.05) is 20.8 Å². The summed E-state index contributed by atoms with van der Waals surface area (Å²) >= 11 is 0. The second-order valence-electron chi connectivity index (χ2n) is 5.16. The summed E-state index contributed by atoms with van der Waals surface area (Å²) in [4.78, 5) is 11.4. The van der Waals surface area contributed by atoms with Gasteiger partial charge in [0.1, 0.15) is 0 Å². The summed E-state index contributed by atoms with van der Waals surface area (Å²) in [5, 5.41) is 6.53. The van der Waals surface area contributed by atoms with Gasteiger partial charge in [-0.2, -0.15) is 0 Å². The normalized spacial score (nSPS) is 17.5. The van der Waals surface area contributed by atoms with E-state index in [1.54, 1.807) is 0 Å². The molecule has 0 aliphatic heterocycles. The first-order valence-corrected chi connectivity index (χ1v) is 6.66. The summed E-state index contributed by atoms with van der Waals surface area (Å²) in [6.45, 7) is 7.63. The van der Waals surface area contributed by atoms with Crippen molar-refractivity contribution < 1.29 is 4.79 Å². The van der Waals surface area contributed by atoms with Crippen molar-refractivity contribution in [3.63, 3.8) is 0 Å². The Bertz CT molecular complexity index is 212. The lowest BCUT2D eigenvalue weighted by atomic mass is 10.0. The van der Waals surface area contributed by atoms with E-state index in [1.807, 2.05) is 0 Å². The molecule has 3 nitrogen and oxygen atoms in total. The van der Waals surface area contributed by atoms with Crippen LogP contribution >= 0.6 is 0 Å². The number of nitrogens with one attached hydrogen (secondary N) is 2. The van der Waals surface area contributed by atoms with Gasteiger partial charge >= 0.3 is 0 Å². The zero-order valence-corrected chi connectivity index (χ0v) is 10.9. The number of rotatable bonds is 8. The lowest BCUT2D eigenvalue weighted by Gasteiger charge is -2.20. The highest BCUT2D eigenvalue weighted by molar-refractivity contribution is 5.76. The van der Waals surface area contributed by atoms with E-state index in [4.69, 9.17) is 0 Å². The maximum Gasteiger partial charge on any atom is 0.220 e. The Morgan fingerprint density at radius 3 is 2.56 bits per heavy atom. The first kappa shape index (κ1) is 13.5. The number of hydrogen-bond acceptors (Lipinski definition) is 2. The second-order valence-corrected chi connectivity index (χ2v) is 5.16. The first-order chi connectivity index (χ1) is 7.63. The Labute approximate surface area is 99.4 Å². The van der Waals surface area contributed by atoms with Gasteiger partial charge < -0.3 is 10.6 Å². The molecule has 2 N–H and O–H groups in total. The fraction of sp³-hybridized carbons (Fsp3) is 0.923. The number of carbonyl (C=O) groups excluding carboxylic acids is 1. The van der Waals surface area contributed by atoms with Gasteiger partial charge in [0.15, 0.2) is 0 Å². The zero-order valence-electron chi connectivity index (χ0n) is 10.9. The molecule has 1 amide bonds. The fourth-order valence-corrected chi connectivity index (χ4v) is 1.92. The monoisotopic (exact) mass is 226 g/mol. The second kappa shape index (κ2) is 6.89. The number of hydrogen-bond donors (Lipinski definition) is 2. The van der Waals surface area contributed by atoms with Crippen molar-refractivity contribution in [3.8, 4) is 0 Å². The molecule has 0 spiro atoms. The molecular formula is C13H26N2O. The molecule has 3 heteroatoms. The Hall–Kier alpha value is -0.570. The lowest BCUT2D eigenvalue weighted by molar-refractivity contribution is -0.121. The first-order valence-electron chi connectivity index (χ1n) is 6.66. The number of amides is 1. The van der Waals surface area contributed by atoms with Crippen molar-refractivity contribution in [2.24, 2.45) is 5.92 Å². The van der Waals surface area contributed by atoms with Gasteiger partial charge in [0.25, 0.3) is 0 Å². The molecule has 16 heavy (non-hydrogen) atoms. The van der Waals surface area contributed by atoms with Crippen LogP contribution in [0.3, 0.4) is 0 Å². The van der Waals surface area contributed by atoms with E-state index in [0.29, 0.717) is 24.4 Å². The van der Waals surface area contributed by atoms with Crippen molar-refractivity contribution in [3.05, 3.63) is 0 Å². The molecule has 1 unspecified atom stereocenters. The molecule has 0 aromatic rings. The molecule has 94 valence electrons. The molecule has 1 atom stereocenters.